The van der Waals surface area contributed by atoms with Crippen LogP contribution in [0.25, 0.3) is 0 Å². The number of hydrogen-bond donors (Lipinski definition) is 0. The lowest BCUT2D eigenvalue weighted by Gasteiger charge is -2.05. The largest absolute Gasteiger partial charge is 0.162 e. The molecular formula is C12H24S6. The van der Waals surface area contributed by atoms with Crippen molar-refractivity contribution in [3.8, 4) is 0 Å². The molecule has 0 aromatic heterocycles. The molecule has 1 aliphatic heterocycles. The maximum Gasteiger partial charge on any atom is 0.00447 e. The minimum absolute atomic E-state index is 1.34. The molecular weight excluding hydrogens is 337 g/mol. The van der Waals surface area contributed by atoms with Crippen LogP contribution in [0.15, 0.2) is 0 Å². The Balaban J connectivity index is 2.00. The van der Waals surface area contributed by atoms with E-state index in [-0.39, 0.29) is 0 Å². The Labute approximate surface area is 137 Å². The highest BCUT2D eigenvalue weighted by Gasteiger charge is 1.97. The predicted molar refractivity (Wildman–Crippen MR) is 103 cm³/mol. The third-order valence-corrected chi connectivity index (χ3v) is 9.70. The van der Waals surface area contributed by atoms with Crippen molar-refractivity contribution in [2.45, 2.75) is 25.7 Å². The fourth-order valence-electron chi connectivity index (χ4n) is 1.32. The zero-order valence-corrected chi connectivity index (χ0v) is 15.8. The summed E-state index contributed by atoms with van der Waals surface area (Å²) in [7, 11) is 8.33. The third-order valence-electron chi connectivity index (χ3n) is 2.23. The van der Waals surface area contributed by atoms with E-state index in [1.165, 1.54) is 71.7 Å². The van der Waals surface area contributed by atoms with Crippen LogP contribution in [0.2, 0.25) is 0 Å². The van der Waals surface area contributed by atoms with Crippen molar-refractivity contribution in [1.82, 2.24) is 0 Å². The maximum absolute atomic E-state index is 2.15. The van der Waals surface area contributed by atoms with Gasteiger partial charge in [-0.05, 0) is 48.7 Å². The second kappa shape index (κ2) is 15.5. The van der Waals surface area contributed by atoms with Crippen LogP contribution in [-0.2, 0) is 0 Å². The van der Waals surface area contributed by atoms with Gasteiger partial charge < -0.3 is 0 Å². The molecule has 0 saturated carbocycles. The van der Waals surface area contributed by atoms with Crippen molar-refractivity contribution in [2.24, 2.45) is 0 Å². The van der Waals surface area contributed by atoms with Gasteiger partial charge in [0.2, 0.25) is 0 Å². The number of hydrogen-bond acceptors (Lipinski definition) is 6. The summed E-state index contributed by atoms with van der Waals surface area (Å²) in [5, 5.41) is 0. The standard InChI is InChI=1S/C12H24S6/c1-5-13-6-2-11-17-18-12-4-8-14-7-3-10-16-15-9-1/h1-12H2. The zero-order valence-electron chi connectivity index (χ0n) is 10.9. The SMILES string of the molecule is C1CSCCCSSCCCSCCCSSC1. The Hall–Kier alpha value is 2.10. The summed E-state index contributed by atoms with van der Waals surface area (Å²) in [6.45, 7) is 0. The van der Waals surface area contributed by atoms with Gasteiger partial charge in [-0.1, -0.05) is 43.2 Å². The molecule has 1 aliphatic rings. The molecule has 0 nitrogen and oxygen atoms in total. The minimum atomic E-state index is 1.34. The smallest absolute Gasteiger partial charge is 0.00447 e. The molecule has 1 saturated heterocycles. The maximum atomic E-state index is 2.15. The molecule has 0 radical (unpaired) electrons. The summed E-state index contributed by atoms with van der Waals surface area (Å²) in [6.07, 6.45) is 5.55. The third kappa shape index (κ3) is 13.1. The quantitative estimate of drug-likeness (QED) is 0.498. The Kier molecular flexibility index (Phi) is 15.6. The van der Waals surface area contributed by atoms with E-state index in [4.69, 9.17) is 0 Å². The lowest BCUT2D eigenvalue weighted by Crippen LogP contribution is -1.90. The second-order valence-electron chi connectivity index (χ2n) is 3.93. The molecule has 108 valence electrons. The van der Waals surface area contributed by atoms with Crippen molar-refractivity contribution in [2.75, 3.05) is 46.0 Å². The molecule has 0 atom stereocenters. The second-order valence-corrected chi connectivity index (χ2v) is 11.8. The van der Waals surface area contributed by atoms with Gasteiger partial charge in [0.1, 0.15) is 0 Å². The van der Waals surface area contributed by atoms with Crippen LogP contribution >= 0.6 is 66.7 Å². The van der Waals surface area contributed by atoms with Crippen molar-refractivity contribution < 1.29 is 0 Å². The molecule has 0 aromatic carbocycles. The fraction of sp³-hybridized carbons (Fsp3) is 1.00. The molecule has 0 bridgehead atoms. The van der Waals surface area contributed by atoms with Gasteiger partial charge in [-0.15, -0.1) is 0 Å². The van der Waals surface area contributed by atoms with E-state index in [9.17, 15) is 0 Å². The lowest BCUT2D eigenvalue weighted by molar-refractivity contribution is 1.09. The molecule has 0 aliphatic carbocycles. The molecule has 1 heterocycles. The van der Waals surface area contributed by atoms with Gasteiger partial charge in [0.15, 0.2) is 0 Å². The van der Waals surface area contributed by atoms with Gasteiger partial charge in [-0.3, -0.25) is 0 Å². The molecule has 0 spiro atoms. The first-order chi connectivity index (χ1) is 9.00. The summed E-state index contributed by atoms with van der Waals surface area (Å²) >= 11 is 4.30. The molecule has 0 N–H and O–H groups in total. The monoisotopic (exact) mass is 360 g/mol. The highest BCUT2D eigenvalue weighted by atomic mass is 33.1. The summed E-state index contributed by atoms with van der Waals surface area (Å²) in [6, 6.07) is 0. The van der Waals surface area contributed by atoms with Gasteiger partial charge in [-0.25, -0.2) is 0 Å². The Bertz CT molecular complexity index is 91.6. The number of rotatable bonds is 0. The van der Waals surface area contributed by atoms with Crippen LogP contribution in [0.3, 0.4) is 0 Å². The normalized spacial score (nSPS) is 24.0. The molecule has 0 unspecified atom stereocenters. The van der Waals surface area contributed by atoms with Gasteiger partial charge in [-0.2, -0.15) is 23.5 Å². The van der Waals surface area contributed by atoms with Gasteiger partial charge >= 0.3 is 0 Å². The topological polar surface area (TPSA) is 0 Å². The first-order valence-corrected chi connectivity index (χ1v) is 13.9. The summed E-state index contributed by atoms with van der Waals surface area (Å²) in [5.41, 5.74) is 0. The van der Waals surface area contributed by atoms with Crippen molar-refractivity contribution in [3.63, 3.8) is 0 Å². The Morgan fingerprint density at radius 2 is 0.611 bits per heavy atom. The van der Waals surface area contributed by atoms with Crippen molar-refractivity contribution in [1.29, 1.82) is 0 Å². The first-order valence-electron chi connectivity index (χ1n) is 6.64. The molecule has 0 amide bonds. The predicted octanol–water partition coefficient (Wildman–Crippen LogP) is 5.79. The fourth-order valence-corrected chi connectivity index (χ4v) is 8.20. The minimum Gasteiger partial charge on any atom is -0.162 e. The van der Waals surface area contributed by atoms with E-state index in [1.54, 1.807) is 0 Å². The van der Waals surface area contributed by atoms with Crippen LogP contribution < -0.4 is 0 Å². The first kappa shape index (κ1) is 18.1. The molecule has 0 aromatic rings. The van der Waals surface area contributed by atoms with E-state index in [0.717, 1.165) is 0 Å². The summed E-state index contributed by atoms with van der Waals surface area (Å²) < 4.78 is 0. The van der Waals surface area contributed by atoms with Crippen molar-refractivity contribution >= 4 is 66.7 Å². The van der Waals surface area contributed by atoms with Crippen LogP contribution in [0.5, 0.6) is 0 Å². The van der Waals surface area contributed by atoms with Crippen LogP contribution in [0.4, 0.5) is 0 Å². The van der Waals surface area contributed by atoms with Crippen LogP contribution in [-0.4, -0.2) is 46.0 Å². The highest BCUT2D eigenvalue weighted by molar-refractivity contribution is 8.77. The van der Waals surface area contributed by atoms with E-state index in [2.05, 4.69) is 66.7 Å². The average Bonchev–Trinajstić information content (AvgIpc) is 2.39. The van der Waals surface area contributed by atoms with E-state index in [0.29, 0.717) is 0 Å². The van der Waals surface area contributed by atoms with Crippen molar-refractivity contribution in [3.05, 3.63) is 0 Å². The van der Waals surface area contributed by atoms with Gasteiger partial charge in [0, 0.05) is 23.0 Å². The lowest BCUT2D eigenvalue weighted by atomic mass is 10.6. The Morgan fingerprint density at radius 1 is 0.333 bits per heavy atom. The van der Waals surface area contributed by atoms with E-state index >= 15 is 0 Å². The van der Waals surface area contributed by atoms with Gasteiger partial charge in [0.25, 0.3) is 0 Å². The molecule has 1 fully saturated rings. The van der Waals surface area contributed by atoms with E-state index < -0.39 is 0 Å². The molecule has 1 rings (SSSR count). The number of thioether (sulfide) groups is 2. The van der Waals surface area contributed by atoms with Crippen LogP contribution in [0.1, 0.15) is 25.7 Å². The highest BCUT2D eigenvalue weighted by Crippen LogP contribution is 2.26. The molecule has 6 heteroatoms. The molecule has 18 heavy (non-hydrogen) atoms. The average molecular weight is 361 g/mol. The van der Waals surface area contributed by atoms with E-state index in [1.807, 2.05) is 0 Å². The van der Waals surface area contributed by atoms with Gasteiger partial charge in [0.05, 0.1) is 0 Å². The summed E-state index contributed by atoms with van der Waals surface area (Å²) in [4.78, 5) is 0. The Morgan fingerprint density at radius 3 is 0.889 bits per heavy atom. The zero-order chi connectivity index (χ0) is 12.7. The summed E-state index contributed by atoms with van der Waals surface area (Å²) in [5.74, 6) is 10.8. The van der Waals surface area contributed by atoms with Crippen LogP contribution in [0, 0.1) is 0 Å².